The molecule has 0 radical (unpaired) electrons. The van der Waals surface area contributed by atoms with Crippen molar-refractivity contribution in [3.8, 4) is 0 Å². The third-order valence-electron chi connectivity index (χ3n) is 5.99. The molecule has 1 aliphatic heterocycles. The zero-order valence-electron chi connectivity index (χ0n) is 24.1. The maximum absolute atomic E-state index is 13.6. The maximum atomic E-state index is 13.6. The Hall–Kier alpha value is -1.25. The Morgan fingerprint density at radius 2 is 1.60 bits per heavy atom. The fraction of sp³-hybridized carbons (Fsp3) is 0.760. The fourth-order valence-corrected chi connectivity index (χ4v) is 6.53. The van der Waals surface area contributed by atoms with Crippen LogP contribution in [-0.4, -0.2) is 67.9 Å². The van der Waals surface area contributed by atoms with Gasteiger partial charge in [-0.1, -0.05) is 72.0 Å². The predicted octanol–water partition coefficient (Wildman–Crippen LogP) is 3.73. The molecule has 1 saturated heterocycles. The van der Waals surface area contributed by atoms with E-state index in [1.807, 2.05) is 0 Å². The number of aromatic amines is 1. The molecule has 1 aliphatic rings. The Labute approximate surface area is 242 Å². The first-order chi connectivity index (χ1) is 18.4. The van der Waals surface area contributed by atoms with Gasteiger partial charge in [-0.15, -0.1) is 0 Å². The van der Waals surface area contributed by atoms with E-state index in [-0.39, 0.29) is 47.8 Å². The summed E-state index contributed by atoms with van der Waals surface area (Å²) in [5.74, 6) is 0.415. The summed E-state index contributed by atoms with van der Waals surface area (Å²) >= 11 is 2.08. The molecule has 40 heavy (non-hydrogen) atoms. The van der Waals surface area contributed by atoms with E-state index in [0.29, 0.717) is 0 Å². The normalized spacial score (nSPS) is 22.0. The number of nitrogens with zero attached hydrogens (tertiary/aromatic N) is 1. The molecule has 0 aliphatic carbocycles. The second-order valence-corrected chi connectivity index (χ2v) is 15.2. The van der Waals surface area contributed by atoms with Gasteiger partial charge in [0, 0.05) is 41.0 Å². The molecule has 12 nitrogen and oxygen atoms in total. The van der Waals surface area contributed by atoms with Crippen molar-refractivity contribution in [2.45, 2.75) is 79.2 Å². The van der Waals surface area contributed by atoms with E-state index in [1.165, 1.54) is 12.3 Å². The van der Waals surface area contributed by atoms with E-state index >= 15 is 0 Å². The number of nitrogens with one attached hydrogen (secondary N) is 1. The van der Waals surface area contributed by atoms with Crippen molar-refractivity contribution in [2.24, 2.45) is 10.8 Å². The van der Waals surface area contributed by atoms with Gasteiger partial charge in [-0.25, -0.2) is 9.36 Å². The Morgan fingerprint density at radius 3 is 2.05 bits per heavy atom. The van der Waals surface area contributed by atoms with Crippen LogP contribution >= 0.6 is 31.3 Å². The first-order valence-corrected chi connectivity index (χ1v) is 16.4. The monoisotopic (exact) mass is 624 g/mol. The molecule has 0 amide bonds. The van der Waals surface area contributed by atoms with Crippen molar-refractivity contribution in [2.75, 3.05) is 31.3 Å². The third kappa shape index (κ3) is 9.94. The third-order valence-corrected chi connectivity index (χ3v) is 9.92. The molecular weight excluding hydrogens is 583 g/mol. The van der Waals surface area contributed by atoms with E-state index in [4.69, 9.17) is 18.3 Å². The van der Waals surface area contributed by atoms with Crippen molar-refractivity contribution >= 4 is 41.6 Å². The number of phosphoric ester groups is 1. The van der Waals surface area contributed by atoms with Gasteiger partial charge in [-0.2, -0.15) is 0 Å². The van der Waals surface area contributed by atoms with Gasteiger partial charge in [-0.3, -0.25) is 37.5 Å². The Kier molecular flexibility index (Phi) is 12.5. The minimum atomic E-state index is -4.22. The lowest BCUT2D eigenvalue weighted by atomic mass is 9.95. The number of H-pyrrole nitrogens is 1. The van der Waals surface area contributed by atoms with Crippen LogP contribution in [0, 0.1) is 10.8 Å². The SMILES string of the molecule is CC[C@]1(COP(=O)(OCCSC(=O)C(C)(C)C)OCCSC(=O)C(C)(C)C)OC(n2ccc(=O)[nH]c2=O)C[C@@H]1O. The first-order valence-electron chi connectivity index (χ1n) is 13.0. The minimum Gasteiger partial charge on any atom is -0.390 e. The molecular formula is C25H41N2O10PS2. The zero-order valence-corrected chi connectivity index (χ0v) is 26.6. The summed E-state index contributed by atoms with van der Waals surface area (Å²) < 4.78 is 37.4. The molecule has 15 heteroatoms. The molecule has 2 heterocycles. The summed E-state index contributed by atoms with van der Waals surface area (Å²) in [5.41, 5.74) is -3.71. The van der Waals surface area contributed by atoms with Crippen LogP contribution in [-0.2, 0) is 32.5 Å². The number of ether oxygens (including phenoxy) is 1. The van der Waals surface area contributed by atoms with Crippen LogP contribution in [0.15, 0.2) is 21.9 Å². The first kappa shape index (κ1) is 34.9. The molecule has 1 unspecified atom stereocenters. The molecule has 0 spiro atoms. The number of aliphatic hydroxyl groups excluding tert-OH is 1. The number of aromatic nitrogens is 2. The summed E-state index contributed by atoms with van der Waals surface area (Å²) in [4.78, 5) is 50.2. The molecule has 1 fully saturated rings. The number of rotatable bonds is 13. The average Bonchev–Trinajstić information content (AvgIpc) is 3.18. The number of thioether (sulfide) groups is 2. The summed E-state index contributed by atoms with van der Waals surface area (Å²) in [6.07, 6.45) is -0.477. The van der Waals surface area contributed by atoms with Crippen molar-refractivity contribution < 1.29 is 37.6 Å². The summed E-state index contributed by atoms with van der Waals surface area (Å²) in [6.45, 7) is 11.9. The summed E-state index contributed by atoms with van der Waals surface area (Å²) in [6, 6.07) is 1.17. The van der Waals surface area contributed by atoms with Crippen molar-refractivity contribution in [3.63, 3.8) is 0 Å². The van der Waals surface area contributed by atoms with Gasteiger partial charge in [0.15, 0.2) is 10.2 Å². The number of hydrogen-bond donors (Lipinski definition) is 2. The molecule has 1 aromatic heterocycles. The Balaban J connectivity index is 2.11. The highest BCUT2D eigenvalue weighted by Gasteiger charge is 2.49. The molecule has 0 saturated carbocycles. The standard InChI is InChI=1S/C25H41N2O10PS2/c1-8-25(17(28)15-19(37-25)27-10-9-18(29)26-22(27)32)16-36-38(33,34-11-13-39-20(30)23(2,3)4)35-12-14-40-21(31)24(5,6)7/h9-10,17,19,28H,8,11-16H2,1-7H3,(H,26,29,32)/t17-,19?,25+/m0/s1. The topological polar surface area (TPSA) is 163 Å². The highest BCUT2D eigenvalue weighted by molar-refractivity contribution is 8.14. The number of carbonyl (C=O) groups excluding carboxylic acids is 2. The smallest absolute Gasteiger partial charge is 0.390 e. The largest absolute Gasteiger partial charge is 0.474 e. The van der Waals surface area contributed by atoms with Gasteiger partial charge in [0.2, 0.25) is 0 Å². The highest BCUT2D eigenvalue weighted by atomic mass is 32.2. The quantitative estimate of drug-likeness (QED) is 0.242. The average molecular weight is 625 g/mol. The van der Waals surface area contributed by atoms with Crippen LogP contribution in [0.4, 0.5) is 0 Å². The van der Waals surface area contributed by atoms with Gasteiger partial charge in [0.1, 0.15) is 11.8 Å². The van der Waals surface area contributed by atoms with Gasteiger partial charge in [-0.05, 0) is 6.42 Å². The molecule has 1 aromatic rings. The zero-order chi connectivity index (χ0) is 30.4. The molecule has 3 atom stereocenters. The van der Waals surface area contributed by atoms with Gasteiger partial charge >= 0.3 is 13.5 Å². The fourth-order valence-electron chi connectivity index (χ4n) is 3.48. The lowest BCUT2D eigenvalue weighted by molar-refractivity contribution is -0.129. The van der Waals surface area contributed by atoms with Crippen LogP contribution in [0.1, 0.15) is 67.5 Å². The lowest BCUT2D eigenvalue weighted by Gasteiger charge is -2.32. The molecule has 2 rings (SSSR count). The van der Waals surface area contributed by atoms with Gasteiger partial charge < -0.3 is 9.84 Å². The molecule has 228 valence electrons. The van der Waals surface area contributed by atoms with Crippen LogP contribution < -0.4 is 11.2 Å². The van der Waals surface area contributed by atoms with Crippen LogP contribution in [0.5, 0.6) is 0 Å². The van der Waals surface area contributed by atoms with E-state index in [1.54, 1.807) is 48.5 Å². The van der Waals surface area contributed by atoms with E-state index < -0.39 is 54.4 Å². The van der Waals surface area contributed by atoms with Crippen molar-refractivity contribution in [1.82, 2.24) is 9.55 Å². The summed E-state index contributed by atoms with van der Waals surface area (Å²) in [7, 11) is -4.22. The second-order valence-electron chi connectivity index (χ2n) is 11.4. The van der Waals surface area contributed by atoms with Crippen LogP contribution in [0.3, 0.4) is 0 Å². The minimum absolute atomic E-state index is 0.0201. The predicted molar refractivity (Wildman–Crippen MR) is 154 cm³/mol. The molecule has 0 bridgehead atoms. The Bertz CT molecular complexity index is 1150. The number of hydrogen-bond acceptors (Lipinski definition) is 12. The number of aliphatic hydroxyl groups is 1. The molecule has 0 aromatic carbocycles. The Morgan fingerprint density at radius 1 is 1.07 bits per heavy atom. The van der Waals surface area contributed by atoms with Gasteiger partial charge in [0.25, 0.3) is 5.56 Å². The van der Waals surface area contributed by atoms with E-state index in [2.05, 4.69) is 4.98 Å². The lowest BCUT2D eigenvalue weighted by Crippen LogP contribution is -2.43. The second kappa shape index (κ2) is 14.3. The van der Waals surface area contributed by atoms with Crippen molar-refractivity contribution in [3.05, 3.63) is 33.1 Å². The van der Waals surface area contributed by atoms with Crippen LogP contribution in [0.25, 0.3) is 0 Å². The number of phosphoric acid groups is 1. The highest BCUT2D eigenvalue weighted by Crippen LogP contribution is 2.52. The van der Waals surface area contributed by atoms with E-state index in [0.717, 1.165) is 28.1 Å². The van der Waals surface area contributed by atoms with Crippen LogP contribution in [0.2, 0.25) is 0 Å². The van der Waals surface area contributed by atoms with Crippen molar-refractivity contribution in [1.29, 1.82) is 0 Å². The summed E-state index contributed by atoms with van der Waals surface area (Å²) in [5, 5.41) is 10.8. The maximum Gasteiger partial charge on any atom is 0.474 e. The van der Waals surface area contributed by atoms with E-state index in [9.17, 15) is 28.8 Å². The number of carbonyl (C=O) groups is 2. The van der Waals surface area contributed by atoms with Gasteiger partial charge in [0.05, 0.1) is 25.9 Å². The molecule has 2 N–H and O–H groups in total.